The minimum Gasteiger partial charge on any atom is -0.396 e. The molecule has 1 atom stereocenters. The molecule has 1 aromatic rings. The molecular formula is C13H19FN2O3. The molecule has 0 aliphatic rings. The summed E-state index contributed by atoms with van der Waals surface area (Å²) in [5, 5.41) is 22.5. The summed E-state index contributed by atoms with van der Waals surface area (Å²) in [6, 6.07) is 4.16. The predicted octanol–water partition coefficient (Wildman–Crippen LogP) is 2.23. The van der Waals surface area contributed by atoms with Crippen LogP contribution in [0.4, 0.5) is 10.1 Å². The Morgan fingerprint density at radius 2 is 2.26 bits per heavy atom. The van der Waals surface area contributed by atoms with E-state index in [-0.39, 0.29) is 18.7 Å². The van der Waals surface area contributed by atoms with Crippen LogP contribution in [0.5, 0.6) is 0 Å². The summed E-state index contributed by atoms with van der Waals surface area (Å²) in [5.41, 5.74) is -0.213. The highest BCUT2D eigenvalue weighted by Gasteiger charge is 2.16. The van der Waals surface area contributed by atoms with Gasteiger partial charge in [-0.1, -0.05) is 25.5 Å². The van der Waals surface area contributed by atoms with Gasteiger partial charge < -0.3 is 10.4 Å². The third kappa shape index (κ3) is 4.57. The molecule has 0 aromatic heterocycles. The van der Waals surface area contributed by atoms with Crippen molar-refractivity contribution in [3.05, 3.63) is 39.7 Å². The highest BCUT2D eigenvalue weighted by Crippen LogP contribution is 2.20. The molecule has 106 valence electrons. The van der Waals surface area contributed by atoms with Gasteiger partial charge in [0.2, 0.25) is 5.82 Å². The Kier molecular flexibility index (Phi) is 6.38. The van der Waals surface area contributed by atoms with Crippen molar-refractivity contribution in [2.75, 3.05) is 13.2 Å². The molecule has 5 nitrogen and oxygen atoms in total. The lowest BCUT2D eigenvalue weighted by Crippen LogP contribution is -2.23. The Morgan fingerprint density at radius 1 is 1.53 bits per heavy atom. The third-order valence-corrected chi connectivity index (χ3v) is 3.12. The van der Waals surface area contributed by atoms with Crippen molar-refractivity contribution in [2.24, 2.45) is 5.92 Å². The first-order chi connectivity index (χ1) is 9.10. The number of halogens is 1. The van der Waals surface area contributed by atoms with Gasteiger partial charge in [0, 0.05) is 24.8 Å². The normalized spacial score (nSPS) is 12.4. The summed E-state index contributed by atoms with van der Waals surface area (Å²) in [6.45, 7) is 3.05. The first-order valence-electron chi connectivity index (χ1n) is 6.33. The van der Waals surface area contributed by atoms with Crippen molar-refractivity contribution in [3.8, 4) is 0 Å². The number of nitro groups is 1. The van der Waals surface area contributed by atoms with Gasteiger partial charge in [0.05, 0.1) is 4.92 Å². The monoisotopic (exact) mass is 270 g/mol. The molecule has 0 bridgehead atoms. The van der Waals surface area contributed by atoms with E-state index in [0.717, 1.165) is 12.5 Å². The van der Waals surface area contributed by atoms with Crippen molar-refractivity contribution in [3.63, 3.8) is 0 Å². The average Bonchev–Trinajstić information content (AvgIpc) is 2.39. The molecule has 0 saturated carbocycles. The van der Waals surface area contributed by atoms with Crippen LogP contribution in [0.25, 0.3) is 0 Å². The number of hydrogen-bond donors (Lipinski definition) is 2. The number of hydrogen-bond acceptors (Lipinski definition) is 4. The van der Waals surface area contributed by atoms with Gasteiger partial charge in [0.15, 0.2) is 0 Å². The SMILES string of the molecule is CCC(CCO)CNCc1cccc([N+](=O)[O-])c1F. The van der Waals surface area contributed by atoms with E-state index < -0.39 is 16.4 Å². The smallest absolute Gasteiger partial charge is 0.305 e. The molecule has 0 aliphatic carbocycles. The number of nitro benzene ring substituents is 1. The second-order valence-electron chi connectivity index (χ2n) is 4.42. The van der Waals surface area contributed by atoms with Crippen molar-refractivity contribution >= 4 is 5.69 Å². The lowest BCUT2D eigenvalue weighted by Gasteiger charge is -2.14. The largest absolute Gasteiger partial charge is 0.396 e. The van der Waals surface area contributed by atoms with E-state index in [0.29, 0.717) is 18.9 Å². The van der Waals surface area contributed by atoms with Crippen LogP contribution in [0.15, 0.2) is 18.2 Å². The molecular weight excluding hydrogens is 251 g/mol. The van der Waals surface area contributed by atoms with Gasteiger partial charge in [-0.3, -0.25) is 10.1 Å². The lowest BCUT2D eigenvalue weighted by molar-refractivity contribution is -0.387. The molecule has 1 unspecified atom stereocenters. The van der Waals surface area contributed by atoms with Crippen LogP contribution < -0.4 is 5.32 Å². The fourth-order valence-electron chi connectivity index (χ4n) is 1.89. The standard InChI is InChI=1S/C13H19FN2O3/c1-2-10(6-7-17)8-15-9-11-4-3-5-12(13(11)14)16(18)19/h3-5,10,15,17H,2,6-9H2,1H3. The molecule has 19 heavy (non-hydrogen) atoms. The Bertz CT molecular complexity index is 426. The molecule has 1 rings (SSSR count). The fraction of sp³-hybridized carbons (Fsp3) is 0.538. The predicted molar refractivity (Wildman–Crippen MR) is 70.2 cm³/mol. The number of aliphatic hydroxyl groups is 1. The first kappa shape index (κ1) is 15.5. The summed E-state index contributed by atoms with van der Waals surface area (Å²) < 4.78 is 13.8. The van der Waals surface area contributed by atoms with Gasteiger partial charge in [-0.25, -0.2) is 0 Å². The molecule has 0 aliphatic heterocycles. The molecule has 6 heteroatoms. The zero-order chi connectivity index (χ0) is 14.3. The Hall–Kier alpha value is -1.53. The highest BCUT2D eigenvalue weighted by molar-refractivity contribution is 5.36. The number of aliphatic hydroxyl groups excluding tert-OH is 1. The first-order valence-corrected chi connectivity index (χ1v) is 6.33. The second kappa shape index (κ2) is 7.81. The van der Waals surface area contributed by atoms with Gasteiger partial charge in [-0.2, -0.15) is 4.39 Å². The van der Waals surface area contributed by atoms with E-state index in [1.807, 2.05) is 6.92 Å². The molecule has 2 N–H and O–H groups in total. The Balaban J connectivity index is 2.58. The van der Waals surface area contributed by atoms with E-state index >= 15 is 0 Å². The van der Waals surface area contributed by atoms with Gasteiger partial charge in [0.25, 0.3) is 0 Å². The molecule has 0 saturated heterocycles. The molecule has 0 spiro atoms. The molecule has 1 aromatic carbocycles. The van der Waals surface area contributed by atoms with Crippen molar-refractivity contribution in [2.45, 2.75) is 26.3 Å². The van der Waals surface area contributed by atoms with Crippen molar-refractivity contribution < 1.29 is 14.4 Å². The number of benzene rings is 1. The maximum atomic E-state index is 13.8. The zero-order valence-electron chi connectivity index (χ0n) is 10.9. The van der Waals surface area contributed by atoms with Crippen molar-refractivity contribution in [1.29, 1.82) is 0 Å². The number of nitrogens with zero attached hydrogens (tertiary/aromatic N) is 1. The summed E-state index contributed by atoms with van der Waals surface area (Å²) in [5.74, 6) is -0.457. The zero-order valence-corrected chi connectivity index (χ0v) is 10.9. The molecule has 0 amide bonds. The van der Waals surface area contributed by atoms with Crippen LogP contribution in [0.1, 0.15) is 25.3 Å². The highest BCUT2D eigenvalue weighted by atomic mass is 19.1. The van der Waals surface area contributed by atoms with E-state index in [1.54, 1.807) is 0 Å². The summed E-state index contributed by atoms with van der Waals surface area (Å²) in [7, 11) is 0. The van der Waals surface area contributed by atoms with Gasteiger partial charge >= 0.3 is 5.69 Å². The maximum Gasteiger partial charge on any atom is 0.305 e. The van der Waals surface area contributed by atoms with Gasteiger partial charge in [-0.15, -0.1) is 0 Å². The van der Waals surface area contributed by atoms with Crippen LogP contribution in [0, 0.1) is 21.8 Å². The maximum absolute atomic E-state index is 13.8. The fourth-order valence-corrected chi connectivity index (χ4v) is 1.89. The summed E-state index contributed by atoms with van der Waals surface area (Å²) >= 11 is 0. The van der Waals surface area contributed by atoms with Gasteiger partial charge in [-0.05, 0) is 18.9 Å². The number of nitrogens with one attached hydrogen (secondary N) is 1. The second-order valence-corrected chi connectivity index (χ2v) is 4.42. The van der Waals surface area contributed by atoms with Crippen LogP contribution in [0.3, 0.4) is 0 Å². The molecule has 0 heterocycles. The van der Waals surface area contributed by atoms with Crippen LogP contribution in [-0.4, -0.2) is 23.2 Å². The number of rotatable bonds is 8. The summed E-state index contributed by atoms with van der Waals surface area (Å²) in [6.07, 6.45) is 1.62. The van der Waals surface area contributed by atoms with Gasteiger partial charge in [0.1, 0.15) is 0 Å². The Morgan fingerprint density at radius 3 is 2.84 bits per heavy atom. The topological polar surface area (TPSA) is 75.4 Å². The quantitative estimate of drug-likeness (QED) is 0.561. The average molecular weight is 270 g/mol. The van der Waals surface area contributed by atoms with Crippen molar-refractivity contribution in [1.82, 2.24) is 5.32 Å². The minimum atomic E-state index is -0.782. The lowest BCUT2D eigenvalue weighted by atomic mass is 10.0. The third-order valence-electron chi connectivity index (χ3n) is 3.12. The molecule has 0 radical (unpaired) electrons. The van der Waals surface area contributed by atoms with E-state index in [9.17, 15) is 14.5 Å². The Labute approximate surface area is 111 Å². The van der Waals surface area contributed by atoms with E-state index in [2.05, 4.69) is 5.32 Å². The van der Waals surface area contributed by atoms with Crippen LogP contribution >= 0.6 is 0 Å². The molecule has 0 fully saturated rings. The van der Waals surface area contributed by atoms with E-state index in [4.69, 9.17) is 5.11 Å². The summed E-state index contributed by atoms with van der Waals surface area (Å²) in [4.78, 5) is 9.88. The van der Waals surface area contributed by atoms with Crippen LogP contribution in [-0.2, 0) is 6.54 Å². The van der Waals surface area contributed by atoms with Crippen LogP contribution in [0.2, 0.25) is 0 Å². The minimum absolute atomic E-state index is 0.130. The van der Waals surface area contributed by atoms with E-state index in [1.165, 1.54) is 12.1 Å².